The second-order valence-corrected chi connectivity index (χ2v) is 12.1. The van der Waals surface area contributed by atoms with Gasteiger partial charge in [0.05, 0.1) is 0 Å². The maximum atomic E-state index is 2.49. The number of hydrogen-bond acceptors (Lipinski definition) is 3. The topological polar surface area (TPSA) is 9.72 Å². The Balaban J connectivity index is 1.73. The molecule has 0 saturated carbocycles. The van der Waals surface area contributed by atoms with Gasteiger partial charge in [0.15, 0.2) is 0 Å². The summed E-state index contributed by atoms with van der Waals surface area (Å²) in [6.07, 6.45) is 3.47. The minimum absolute atomic E-state index is 0.518. The van der Waals surface area contributed by atoms with Gasteiger partial charge in [0.1, 0.15) is 0 Å². The van der Waals surface area contributed by atoms with Gasteiger partial charge in [0.25, 0.3) is 0 Å². The predicted octanol–water partition coefficient (Wildman–Crippen LogP) is 9.12. The van der Waals surface area contributed by atoms with E-state index in [1.807, 2.05) is 0 Å². The summed E-state index contributed by atoms with van der Waals surface area (Å²) in [5, 5.41) is 0. The highest BCUT2D eigenvalue weighted by molar-refractivity contribution is 5.29. The number of benzene rings is 3. The van der Waals surface area contributed by atoms with E-state index in [-0.39, 0.29) is 0 Å². The monoisotopic (exact) mass is 569 g/mol. The SMILES string of the molecule is CCN(CC)Cc1ccc(CCC(CC(C)c2ccc(CN(CC)CC)cc2)c2ccc(CN(CC)CC)cc2)cc1. The number of rotatable bonds is 19. The Hall–Kier alpha value is -2.46. The molecule has 230 valence electrons. The Morgan fingerprint density at radius 1 is 0.452 bits per heavy atom. The van der Waals surface area contributed by atoms with E-state index in [2.05, 4.69) is 136 Å². The lowest BCUT2D eigenvalue weighted by atomic mass is 9.82. The van der Waals surface area contributed by atoms with Crippen molar-refractivity contribution in [2.24, 2.45) is 0 Å². The molecular formula is C39H59N3. The van der Waals surface area contributed by atoms with Gasteiger partial charge in [-0.3, -0.25) is 14.7 Å². The van der Waals surface area contributed by atoms with E-state index in [4.69, 9.17) is 0 Å². The molecule has 3 aromatic rings. The molecule has 0 radical (unpaired) electrons. The van der Waals surface area contributed by atoms with Crippen molar-refractivity contribution in [1.82, 2.24) is 14.7 Å². The fourth-order valence-electron chi connectivity index (χ4n) is 6.10. The fourth-order valence-corrected chi connectivity index (χ4v) is 6.10. The summed E-state index contributed by atoms with van der Waals surface area (Å²) in [4.78, 5) is 7.45. The number of nitrogens with zero attached hydrogens (tertiary/aromatic N) is 3. The molecular weight excluding hydrogens is 510 g/mol. The van der Waals surface area contributed by atoms with E-state index < -0.39 is 0 Å². The third-order valence-electron chi connectivity index (χ3n) is 9.34. The van der Waals surface area contributed by atoms with Gasteiger partial charge in [-0.05, 0) is 104 Å². The second-order valence-electron chi connectivity index (χ2n) is 12.1. The molecule has 0 heterocycles. The zero-order chi connectivity index (χ0) is 30.3. The van der Waals surface area contributed by atoms with Gasteiger partial charge < -0.3 is 0 Å². The van der Waals surface area contributed by atoms with Crippen LogP contribution in [-0.4, -0.2) is 54.0 Å². The first-order chi connectivity index (χ1) is 20.4. The maximum absolute atomic E-state index is 2.49. The van der Waals surface area contributed by atoms with Crippen molar-refractivity contribution in [3.63, 3.8) is 0 Å². The van der Waals surface area contributed by atoms with Crippen LogP contribution in [0.1, 0.15) is 107 Å². The molecule has 0 N–H and O–H groups in total. The van der Waals surface area contributed by atoms with Crippen molar-refractivity contribution in [3.8, 4) is 0 Å². The van der Waals surface area contributed by atoms with Crippen molar-refractivity contribution in [1.29, 1.82) is 0 Å². The third-order valence-corrected chi connectivity index (χ3v) is 9.34. The van der Waals surface area contributed by atoms with E-state index in [0.29, 0.717) is 11.8 Å². The van der Waals surface area contributed by atoms with Crippen LogP contribution in [0.15, 0.2) is 72.8 Å². The van der Waals surface area contributed by atoms with Crippen LogP contribution in [0.5, 0.6) is 0 Å². The summed E-state index contributed by atoms with van der Waals surface area (Å²) in [6.45, 7) is 25.6. The summed E-state index contributed by atoms with van der Waals surface area (Å²) in [5.41, 5.74) is 8.65. The molecule has 0 aliphatic heterocycles. The summed E-state index contributed by atoms with van der Waals surface area (Å²) in [6, 6.07) is 28.4. The van der Waals surface area contributed by atoms with E-state index in [1.54, 1.807) is 0 Å². The van der Waals surface area contributed by atoms with Gasteiger partial charge in [0, 0.05) is 19.6 Å². The van der Waals surface area contributed by atoms with Crippen molar-refractivity contribution < 1.29 is 0 Å². The Morgan fingerprint density at radius 3 is 1.17 bits per heavy atom. The Labute approximate surface area is 258 Å². The van der Waals surface area contributed by atoms with Gasteiger partial charge >= 0.3 is 0 Å². The minimum Gasteiger partial charge on any atom is -0.300 e. The molecule has 0 aromatic heterocycles. The van der Waals surface area contributed by atoms with Gasteiger partial charge in [-0.2, -0.15) is 0 Å². The highest BCUT2D eigenvalue weighted by Gasteiger charge is 2.18. The van der Waals surface area contributed by atoms with Crippen LogP contribution in [0.2, 0.25) is 0 Å². The van der Waals surface area contributed by atoms with Crippen LogP contribution >= 0.6 is 0 Å². The van der Waals surface area contributed by atoms with E-state index in [0.717, 1.165) is 65.3 Å². The Kier molecular flexibility index (Phi) is 14.8. The molecule has 0 bridgehead atoms. The third kappa shape index (κ3) is 10.7. The minimum atomic E-state index is 0.518. The van der Waals surface area contributed by atoms with Gasteiger partial charge in [-0.15, -0.1) is 0 Å². The maximum Gasteiger partial charge on any atom is 0.0233 e. The molecule has 3 rings (SSSR count). The van der Waals surface area contributed by atoms with Crippen molar-refractivity contribution in [2.45, 2.75) is 99.2 Å². The summed E-state index contributed by atoms with van der Waals surface area (Å²) in [7, 11) is 0. The molecule has 0 saturated heterocycles. The standard InChI is InChI=1S/C39H59N3/c1-8-40(9-2)29-34-16-14-33(15-17-34)18-27-39(38-25-21-36(22-26-38)31-42(12-5)13-6)28-32(7)37-23-19-35(20-24-37)30-41(10-3)11-4/h14-17,19-26,32,39H,8-13,18,27-31H2,1-7H3. The lowest BCUT2D eigenvalue weighted by molar-refractivity contribution is 0.296. The first-order valence-electron chi connectivity index (χ1n) is 16.8. The molecule has 2 unspecified atom stereocenters. The molecule has 0 spiro atoms. The average molecular weight is 570 g/mol. The molecule has 2 atom stereocenters. The van der Waals surface area contributed by atoms with Crippen LogP contribution in [0, 0.1) is 0 Å². The van der Waals surface area contributed by atoms with E-state index in [9.17, 15) is 0 Å². The van der Waals surface area contributed by atoms with E-state index >= 15 is 0 Å². The quantitative estimate of drug-likeness (QED) is 0.143. The van der Waals surface area contributed by atoms with Gasteiger partial charge in [-0.1, -0.05) is 121 Å². The van der Waals surface area contributed by atoms with Crippen molar-refractivity contribution in [3.05, 3.63) is 106 Å². The molecule has 0 aliphatic rings. The number of hydrogen-bond donors (Lipinski definition) is 0. The Morgan fingerprint density at radius 2 is 0.786 bits per heavy atom. The van der Waals surface area contributed by atoms with Gasteiger partial charge in [-0.25, -0.2) is 0 Å². The predicted molar refractivity (Wildman–Crippen MR) is 183 cm³/mol. The molecule has 42 heavy (non-hydrogen) atoms. The zero-order valence-corrected chi connectivity index (χ0v) is 27.9. The first kappa shape index (κ1) is 34.0. The average Bonchev–Trinajstić information content (AvgIpc) is 3.04. The van der Waals surface area contributed by atoms with Crippen LogP contribution in [0.3, 0.4) is 0 Å². The molecule has 0 fully saturated rings. The summed E-state index contributed by atoms with van der Waals surface area (Å²) >= 11 is 0. The lowest BCUT2D eigenvalue weighted by Gasteiger charge is -2.24. The lowest BCUT2D eigenvalue weighted by Crippen LogP contribution is -2.22. The summed E-state index contributed by atoms with van der Waals surface area (Å²) < 4.78 is 0. The first-order valence-corrected chi connectivity index (χ1v) is 16.8. The molecule has 3 aromatic carbocycles. The Bertz CT molecular complexity index is 1110. The summed E-state index contributed by atoms with van der Waals surface area (Å²) in [5.74, 6) is 1.05. The van der Waals surface area contributed by atoms with Gasteiger partial charge in [0.2, 0.25) is 0 Å². The number of aryl methyl sites for hydroxylation is 1. The van der Waals surface area contributed by atoms with Crippen LogP contribution in [0.4, 0.5) is 0 Å². The molecule has 0 amide bonds. The van der Waals surface area contributed by atoms with Crippen LogP contribution < -0.4 is 0 Å². The second kappa shape index (κ2) is 18.3. The highest BCUT2D eigenvalue weighted by atomic mass is 15.1. The largest absolute Gasteiger partial charge is 0.300 e. The van der Waals surface area contributed by atoms with Crippen molar-refractivity contribution in [2.75, 3.05) is 39.3 Å². The van der Waals surface area contributed by atoms with Crippen LogP contribution in [-0.2, 0) is 26.1 Å². The highest BCUT2D eigenvalue weighted by Crippen LogP contribution is 2.34. The molecule has 3 heteroatoms. The van der Waals surface area contributed by atoms with Crippen molar-refractivity contribution >= 4 is 0 Å². The van der Waals surface area contributed by atoms with E-state index in [1.165, 1.54) is 46.2 Å². The smallest absolute Gasteiger partial charge is 0.0233 e. The normalized spacial score (nSPS) is 13.3. The fraction of sp³-hybridized carbons (Fsp3) is 0.538. The molecule has 3 nitrogen and oxygen atoms in total. The van der Waals surface area contributed by atoms with Crippen LogP contribution in [0.25, 0.3) is 0 Å². The zero-order valence-electron chi connectivity index (χ0n) is 27.9. The molecule has 0 aliphatic carbocycles.